The summed E-state index contributed by atoms with van der Waals surface area (Å²) in [5.41, 5.74) is 2.79. The molecule has 120 valence electrons. The maximum Gasteiger partial charge on any atom is 0.202 e. The molecule has 23 heavy (non-hydrogen) atoms. The summed E-state index contributed by atoms with van der Waals surface area (Å²) in [6.45, 7) is 4.30. The highest BCUT2D eigenvalue weighted by atomic mass is 79.9. The van der Waals surface area contributed by atoms with E-state index in [1.807, 2.05) is 41.0 Å². The summed E-state index contributed by atoms with van der Waals surface area (Å²) in [5.74, 6) is 0.875. The van der Waals surface area contributed by atoms with Gasteiger partial charge in [0.1, 0.15) is 5.75 Å². The molecule has 0 amide bonds. The zero-order chi connectivity index (χ0) is 16.2. The average Bonchev–Trinajstić information content (AvgIpc) is 2.84. The molecule has 0 aliphatic carbocycles. The summed E-state index contributed by atoms with van der Waals surface area (Å²) in [7, 11) is 0. The molecular formula is C18H20BrN3O. The Morgan fingerprint density at radius 2 is 1.65 bits per heavy atom. The number of hydrogen-bond donors (Lipinski definition) is 1. The van der Waals surface area contributed by atoms with Crippen LogP contribution in [0.5, 0.6) is 5.75 Å². The van der Waals surface area contributed by atoms with E-state index in [9.17, 15) is 0 Å². The number of para-hydroxylation sites is 2. The zero-order valence-corrected chi connectivity index (χ0v) is 14.7. The molecule has 3 rings (SSSR count). The van der Waals surface area contributed by atoms with Gasteiger partial charge in [0.15, 0.2) is 0 Å². The summed E-state index contributed by atoms with van der Waals surface area (Å²) < 4.78 is 10.9. The first kappa shape index (κ1) is 15.9. The van der Waals surface area contributed by atoms with E-state index in [1.54, 1.807) is 0 Å². The number of benzene rings is 2. The van der Waals surface area contributed by atoms with Crippen molar-refractivity contribution in [3.63, 3.8) is 0 Å². The number of nitrogens with one attached hydrogen (secondary N) is 1. The Morgan fingerprint density at radius 1 is 1.00 bits per heavy atom. The molecule has 4 nitrogen and oxygen atoms in total. The normalized spacial score (nSPS) is 11.0. The van der Waals surface area contributed by atoms with Crippen molar-refractivity contribution in [2.24, 2.45) is 0 Å². The summed E-state index contributed by atoms with van der Waals surface area (Å²) in [6, 6.07) is 16.1. The van der Waals surface area contributed by atoms with E-state index in [4.69, 9.17) is 10.1 Å². The fourth-order valence-corrected chi connectivity index (χ4v) is 3.05. The molecule has 0 unspecified atom stereocenters. The van der Waals surface area contributed by atoms with E-state index >= 15 is 0 Å². The second-order valence-electron chi connectivity index (χ2n) is 5.36. The van der Waals surface area contributed by atoms with Crippen molar-refractivity contribution >= 4 is 27.0 Å². The van der Waals surface area contributed by atoms with Crippen molar-refractivity contribution in [3.8, 4) is 5.75 Å². The third kappa shape index (κ3) is 3.34. The van der Waals surface area contributed by atoms with Crippen molar-refractivity contribution in [2.45, 2.75) is 26.4 Å². The van der Waals surface area contributed by atoms with Crippen LogP contribution in [0.15, 0.2) is 53.0 Å². The first-order valence-corrected chi connectivity index (χ1v) is 8.61. The van der Waals surface area contributed by atoms with Gasteiger partial charge < -0.3 is 13.9 Å². The van der Waals surface area contributed by atoms with Crippen LogP contribution >= 0.6 is 15.9 Å². The lowest BCUT2D eigenvalue weighted by molar-refractivity contribution is 0.301. The van der Waals surface area contributed by atoms with E-state index in [1.165, 1.54) is 0 Å². The van der Waals surface area contributed by atoms with Crippen LogP contribution in [-0.4, -0.2) is 15.7 Å². The predicted molar refractivity (Wildman–Crippen MR) is 95.7 cm³/mol. The molecule has 1 aromatic heterocycles. The largest absolute Gasteiger partial charge is 0.494 e. The monoisotopic (exact) mass is 373 g/mol. The molecule has 3 aromatic rings. The molecule has 0 radical (unpaired) electrons. The maximum absolute atomic E-state index is 8.38. The van der Waals surface area contributed by atoms with Gasteiger partial charge in [-0.3, -0.25) is 5.41 Å². The van der Waals surface area contributed by atoms with Crippen LogP contribution < -0.4 is 10.4 Å². The van der Waals surface area contributed by atoms with Gasteiger partial charge in [0, 0.05) is 17.6 Å². The second-order valence-corrected chi connectivity index (χ2v) is 6.28. The molecule has 1 heterocycles. The standard InChI is InChI=1S/C18H20BrN3O/c1-2-21-16-6-3-4-7-17(16)22(18(21)20)12-5-13-23-15-10-8-14(19)9-11-15/h3-4,6-11,20H,2,5,12-13H2,1H3. The molecule has 0 spiro atoms. The van der Waals surface area contributed by atoms with Gasteiger partial charge in [-0.2, -0.15) is 0 Å². The predicted octanol–water partition coefficient (Wildman–Crippen LogP) is 4.17. The first-order valence-electron chi connectivity index (χ1n) is 7.81. The van der Waals surface area contributed by atoms with Crippen LogP contribution in [-0.2, 0) is 13.1 Å². The van der Waals surface area contributed by atoms with Crippen LogP contribution in [0.1, 0.15) is 13.3 Å². The maximum atomic E-state index is 8.38. The lowest BCUT2D eigenvalue weighted by Crippen LogP contribution is -2.24. The molecule has 1 N–H and O–H groups in total. The van der Waals surface area contributed by atoms with Crippen LogP contribution in [0.4, 0.5) is 0 Å². The number of fused-ring (bicyclic) bond motifs is 1. The fourth-order valence-electron chi connectivity index (χ4n) is 2.78. The molecule has 2 aromatic carbocycles. The van der Waals surface area contributed by atoms with Crippen LogP contribution in [0.3, 0.4) is 0 Å². The number of halogens is 1. The second kappa shape index (κ2) is 7.04. The van der Waals surface area contributed by atoms with Gasteiger partial charge in [-0.25, -0.2) is 0 Å². The molecule has 0 saturated heterocycles. The molecule has 0 aliphatic heterocycles. The van der Waals surface area contributed by atoms with E-state index in [-0.39, 0.29) is 0 Å². The summed E-state index contributed by atoms with van der Waals surface area (Å²) >= 11 is 3.42. The van der Waals surface area contributed by atoms with Gasteiger partial charge in [0.05, 0.1) is 17.6 Å². The lowest BCUT2D eigenvalue weighted by Gasteiger charge is -2.07. The molecule has 5 heteroatoms. The van der Waals surface area contributed by atoms with Crippen molar-refractivity contribution in [3.05, 3.63) is 58.6 Å². The number of rotatable bonds is 6. The number of aryl methyl sites for hydroxylation is 2. The number of imidazole rings is 1. The molecule has 0 bridgehead atoms. The van der Waals surface area contributed by atoms with E-state index in [0.717, 1.165) is 40.8 Å². The molecule has 0 aliphatic rings. The minimum Gasteiger partial charge on any atom is -0.494 e. The first-order chi connectivity index (χ1) is 11.2. The van der Waals surface area contributed by atoms with Crippen LogP contribution in [0.2, 0.25) is 0 Å². The van der Waals surface area contributed by atoms with E-state index in [2.05, 4.69) is 39.6 Å². The Bertz CT molecular complexity index is 849. The number of nitrogens with zero attached hydrogens (tertiary/aromatic N) is 2. The Labute approximate surface area is 144 Å². The van der Waals surface area contributed by atoms with E-state index < -0.39 is 0 Å². The quantitative estimate of drug-likeness (QED) is 0.647. The third-order valence-electron chi connectivity index (χ3n) is 3.90. The van der Waals surface area contributed by atoms with Crippen LogP contribution in [0, 0.1) is 5.41 Å². The molecule has 0 fully saturated rings. The topological polar surface area (TPSA) is 42.9 Å². The van der Waals surface area contributed by atoms with Gasteiger partial charge in [-0.1, -0.05) is 28.1 Å². The summed E-state index contributed by atoms with van der Waals surface area (Å²) in [5, 5.41) is 8.38. The highest BCUT2D eigenvalue weighted by molar-refractivity contribution is 9.10. The average molecular weight is 374 g/mol. The Balaban J connectivity index is 1.69. The van der Waals surface area contributed by atoms with Crippen molar-refractivity contribution in [1.29, 1.82) is 5.41 Å². The molecule has 0 atom stereocenters. The van der Waals surface area contributed by atoms with Crippen molar-refractivity contribution in [2.75, 3.05) is 6.61 Å². The fraction of sp³-hybridized carbons (Fsp3) is 0.278. The number of aromatic nitrogens is 2. The minimum atomic E-state index is 0.553. The van der Waals surface area contributed by atoms with E-state index in [0.29, 0.717) is 12.2 Å². The number of hydrogen-bond acceptors (Lipinski definition) is 2. The Hall–Kier alpha value is -2.01. The van der Waals surface area contributed by atoms with Crippen molar-refractivity contribution < 1.29 is 4.74 Å². The SMILES string of the molecule is CCn1c(=N)n(CCCOc2ccc(Br)cc2)c2ccccc21. The summed E-state index contributed by atoms with van der Waals surface area (Å²) in [4.78, 5) is 0. The van der Waals surface area contributed by atoms with Gasteiger partial charge >= 0.3 is 0 Å². The highest BCUT2D eigenvalue weighted by Crippen LogP contribution is 2.17. The number of ether oxygens (including phenoxy) is 1. The van der Waals surface area contributed by atoms with Crippen molar-refractivity contribution in [1.82, 2.24) is 9.13 Å². The smallest absolute Gasteiger partial charge is 0.202 e. The van der Waals surface area contributed by atoms with Gasteiger partial charge in [-0.15, -0.1) is 0 Å². The van der Waals surface area contributed by atoms with Crippen LogP contribution in [0.25, 0.3) is 11.0 Å². The molecule has 0 saturated carbocycles. The van der Waals surface area contributed by atoms with Gasteiger partial charge in [0.2, 0.25) is 5.62 Å². The Morgan fingerprint density at radius 3 is 2.30 bits per heavy atom. The lowest BCUT2D eigenvalue weighted by atomic mass is 10.3. The zero-order valence-electron chi connectivity index (χ0n) is 13.1. The minimum absolute atomic E-state index is 0.553. The molecular weight excluding hydrogens is 354 g/mol. The third-order valence-corrected chi connectivity index (χ3v) is 4.43. The van der Waals surface area contributed by atoms with Gasteiger partial charge in [-0.05, 0) is 49.7 Å². The highest BCUT2D eigenvalue weighted by Gasteiger charge is 2.08. The summed E-state index contributed by atoms with van der Waals surface area (Å²) in [6.07, 6.45) is 0.865. The van der Waals surface area contributed by atoms with Gasteiger partial charge in [0.25, 0.3) is 0 Å². The Kier molecular flexibility index (Phi) is 4.86.